The zero-order chi connectivity index (χ0) is 11.0. The van der Waals surface area contributed by atoms with Crippen LogP contribution in [0.4, 0.5) is 0 Å². The summed E-state index contributed by atoms with van der Waals surface area (Å²) in [6.45, 7) is 0. The topological polar surface area (TPSA) is 17.1 Å². The van der Waals surface area contributed by atoms with Crippen LogP contribution in [0.3, 0.4) is 0 Å². The van der Waals surface area contributed by atoms with Crippen LogP contribution in [-0.4, -0.2) is 13.5 Å². The van der Waals surface area contributed by atoms with E-state index in [0.717, 1.165) is 14.3 Å². The molecule has 0 saturated carbocycles. The number of hydrogen-bond acceptors (Lipinski definition) is 1. The molecular formula is C14H11AsO. The van der Waals surface area contributed by atoms with Crippen LogP contribution in [0.1, 0.15) is 5.56 Å². The first kappa shape index (κ1) is 9.74. The third kappa shape index (κ3) is 1.32. The molecule has 1 aliphatic heterocycles. The summed E-state index contributed by atoms with van der Waals surface area (Å²) in [6.07, 6.45) is 1.99. The summed E-state index contributed by atoms with van der Waals surface area (Å²) in [5.41, 5.74) is 1.11. The molecule has 2 aromatic rings. The zero-order valence-electron chi connectivity index (χ0n) is 8.71. The fourth-order valence-corrected chi connectivity index (χ4v) is 7.18. The van der Waals surface area contributed by atoms with Crippen molar-refractivity contribution in [3.63, 3.8) is 0 Å². The molecule has 2 heteroatoms. The molecule has 0 N–H and O–H groups in total. The first-order chi connectivity index (χ1) is 7.81. The van der Waals surface area contributed by atoms with Gasteiger partial charge in [-0.3, -0.25) is 0 Å². The van der Waals surface area contributed by atoms with Crippen molar-refractivity contribution in [2.24, 2.45) is 0 Å². The van der Waals surface area contributed by atoms with Crippen LogP contribution in [0.15, 0.2) is 59.5 Å². The van der Waals surface area contributed by atoms with Gasteiger partial charge in [-0.1, -0.05) is 0 Å². The second-order valence-electron chi connectivity index (χ2n) is 3.87. The van der Waals surface area contributed by atoms with E-state index in [0.29, 0.717) is 0 Å². The van der Waals surface area contributed by atoms with Crippen molar-refractivity contribution in [1.82, 2.24) is 0 Å². The van der Waals surface area contributed by atoms with Gasteiger partial charge in [0.1, 0.15) is 0 Å². The van der Waals surface area contributed by atoms with Crippen molar-refractivity contribution < 1.29 is 3.74 Å². The summed E-state index contributed by atoms with van der Waals surface area (Å²) in [4.78, 5) is 1.91. The normalized spacial score (nSPS) is 22.0. The van der Waals surface area contributed by atoms with Crippen molar-refractivity contribution in [3.8, 4) is 0 Å². The van der Waals surface area contributed by atoms with Crippen LogP contribution < -0.4 is 8.70 Å². The Morgan fingerprint density at radius 2 is 1.50 bits per heavy atom. The maximum absolute atomic E-state index is 13.0. The Bertz CT molecular complexity index is 599. The molecule has 0 radical (unpaired) electrons. The fraction of sp³-hybridized carbons (Fsp3) is 0. The van der Waals surface area contributed by atoms with Gasteiger partial charge in [0.05, 0.1) is 0 Å². The van der Waals surface area contributed by atoms with Crippen LogP contribution >= 0.6 is 0 Å². The van der Waals surface area contributed by atoms with Gasteiger partial charge in [0.2, 0.25) is 0 Å². The molecule has 0 amide bonds. The van der Waals surface area contributed by atoms with Gasteiger partial charge in [0.25, 0.3) is 0 Å². The van der Waals surface area contributed by atoms with Crippen LogP contribution in [0.2, 0.25) is 0 Å². The SMILES string of the molecule is O=[As]1(c2ccccc2)C=Cc2ccccc21. The Balaban J connectivity index is 2.24. The molecule has 0 saturated heterocycles. The Morgan fingerprint density at radius 3 is 2.31 bits per heavy atom. The zero-order valence-corrected chi connectivity index (χ0v) is 10.6. The standard InChI is InChI=1S/C14H11AsO/c16-15(13-7-2-1-3-8-13)11-10-12-6-4-5-9-14(12)15/h1-11H. The monoisotopic (exact) mass is 270 g/mol. The van der Waals surface area contributed by atoms with Crippen molar-refractivity contribution >= 4 is 28.3 Å². The van der Waals surface area contributed by atoms with Gasteiger partial charge in [-0.15, -0.1) is 0 Å². The predicted molar refractivity (Wildman–Crippen MR) is 67.6 cm³/mol. The van der Waals surface area contributed by atoms with Crippen LogP contribution in [-0.2, 0) is 3.74 Å². The number of fused-ring (bicyclic) bond motifs is 1. The van der Waals surface area contributed by atoms with E-state index >= 15 is 0 Å². The minimum atomic E-state index is -3.19. The summed E-state index contributed by atoms with van der Waals surface area (Å²) >= 11 is -3.19. The predicted octanol–water partition coefficient (Wildman–Crippen LogP) is 1.74. The first-order valence-corrected chi connectivity index (χ1v) is 8.97. The van der Waals surface area contributed by atoms with Gasteiger partial charge in [-0.2, -0.15) is 0 Å². The van der Waals surface area contributed by atoms with E-state index in [1.807, 2.05) is 65.5 Å². The first-order valence-electron chi connectivity index (χ1n) is 5.25. The van der Waals surface area contributed by atoms with E-state index in [1.165, 1.54) is 0 Å². The summed E-state index contributed by atoms with van der Waals surface area (Å²) in [5.74, 6) is 0. The average molecular weight is 270 g/mol. The molecule has 0 aromatic heterocycles. The molecule has 78 valence electrons. The molecule has 3 rings (SSSR count). The van der Waals surface area contributed by atoms with E-state index < -0.39 is 13.5 Å². The summed E-state index contributed by atoms with van der Waals surface area (Å²) < 4.78 is 15.0. The van der Waals surface area contributed by atoms with Crippen LogP contribution in [0.25, 0.3) is 6.08 Å². The molecule has 0 spiro atoms. The van der Waals surface area contributed by atoms with E-state index in [-0.39, 0.29) is 0 Å². The van der Waals surface area contributed by atoms with Gasteiger partial charge in [-0.25, -0.2) is 0 Å². The average Bonchev–Trinajstić information content (AvgIpc) is 2.71. The number of benzene rings is 2. The molecule has 1 atom stereocenters. The molecule has 0 bridgehead atoms. The molecule has 1 unspecified atom stereocenters. The minimum absolute atomic E-state index is 0.974. The van der Waals surface area contributed by atoms with Gasteiger partial charge >= 0.3 is 97.0 Å². The third-order valence-electron chi connectivity index (χ3n) is 2.90. The molecule has 1 aliphatic rings. The van der Waals surface area contributed by atoms with Gasteiger partial charge < -0.3 is 0 Å². The summed E-state index contributed by atoms with van der Waals surface area (Å²) in [5, 5.41) is 0. The Kier molecular flexibility index (Phi) is 2.15. The van der Waals surface area contributed by atoms with E-state index in [2.05, 4.69) is 0 Å². The Hall–Kier alpha value is -1.46. The second-order valence-corrected chi connectivity index (χ2v) is 9.35. The molecule has 1 heterocycles. The van der Waals surface area contributed by atoms with Gasteiger partial charge in [0, 0.05) is 0 Å². The summed E-state index contributed by atoms with van der Waals surface area (Å²) in [6, 6.07) is 17.7. The van der Waals surface area contributed by atoms with Gasteiger partial charge in [0.15, 0.2) is 0 Å². The molecular weight excluding hydrogens is 259 g/mol. The van der Waals surface area contributed by atoms with Crippen molar-refractivity contribution in [3.05, 3.63) is 65.0 Å². The molecule has 1 nitrogen and oxygen atoms in total. The molecule has 0 aliphatic carbocycles. The fourth-order valence-electron chi connectivity index (χ4n) is 2.07. The van der Waals surface area contributed by atoms with Crippen molar-refractivity contribution in [2.75, 3.05) is 0 Å². The molecule has 2 aromatic carbocycles. The van der Waals surface area contributed by atoms with Crippen molar-refractivity contribution in [2.45, 2.75) is 0 Å². The summed E-state index contributed by atoms with van der Waals surface area (Å²) in [7, 11) is 0. The number of rotatable bonds is 1. The maximum atomic E-state index is 13.0. The van der Waals surface area contributed by atoms with Crippen LogP contribution in [0.5, 0.6) is 0 Å². The second kappa shape index (κ2) is 3.53. The number of hydrogen-bond donors (Lipinski definition) is 0. The van der Waals surface area contributed by atoms with Crippen LogP contribution in [0, 0.1) is 0 Å². The quantitative estimate of drug-likeness (QED) is 0.721. The molecule has 0 fully saturated rings. The van der Waals surface area contributed by atoms with Gasteiger partial charge in [-0.05, 0) is 0 Å². The van der Waals surface area contributed by atoms with E-state index in [1.54, 1.807) is 0 Å². The Morgan fingerprint density at radius 1 is 0.812 bits per heavy atom. The van der Waals surface area contributed by atoms with Crippen molar-refractivity contribution in [1.29, 1.82) is 0 Å². The van der Waals surface area contributed by atoms with E-state index in [9.17, 15) is 3.74 Å². The molecule has 16 heavy (non-hydrogen) atoms. The van der Waals surface area contributed by atoms with E-state index in [4.69, 9.17) is 0 Å². The Labute approximate surface area is 97.1 Å². The third-order valence-corrected chi connectivity index (χ3v) is 8.68.